The van der Waals surface area contributed by atoms with Crippen LogP contribution in [-0.4, -0.2) is 19.1 Å². The lowest BCUT2D eigenvalue weighted by atomic mass is 9.93. The van der Waals surface area contributed by atoms with Gasteiger partial charge in [-0.05, 0) is 30.5 Å². The molecule has 0 aliphatic carbocycles. The highest BCUT2D eigenvalue weighted by Crippen LogP contribution is 2.39. The van der Waals surface area contributed by atoms with Crippen molar-refractivity contribution >= 4 is 27.5 Å². The molecule has 0 radical (unpaired) electrons. The fourth-order valence-corrected chi connectivity index (χ4v) is 3.44. The molecule has 2 unspecified atom stereocenters. The van der Waals surface area contributed by atoms with E-state index in [2.05, 4.69) is 21.2 Å². The second-order valence-corrected chi connectivity index (χ2v) is 6.09. The van der Waals surface area contributed by atoms with Crippen molar-refractivity contribution in [2.24, 2.45) is 5.92 Å². The number of rotatable bonds is 2. The molecule has 19 heavy (non-hydrogen) atoms. The third kappa shape index (κ3) is 2.54. The molecule has 1 aromatic carbocycles. The van der Waals surface area contributed by atoms with Crippen LogP contribution in [0.5, 0.6) is 0 Å². The van der Waals surface area contributed by atoms with E-state index in [1.807, 2.05) is 6.07 Å². The molecule has 2 aliphatic rings. The van der Waals surface area contributed by atoms with E-state index >= 15 is 0 Å². The summed E-state index contributed by atoms with van der Waals surface area (Å²) >= 11 is 3.60. The van der Waals surface area contributed by atoms with Crippen molar-refractivity contribution in [2.75, 3.05) is 18.5 Å². The molecule has 0 saturated carbocycles. The first-order chi connectivity index (χ1) is 9.15. The molecule has 0 spiro atoms. The lowest BCUT2D eigenvalue weighted by Crippen LogP contribution is -2.20. The van der Waals surface area contributed by atoms with Crippen LogP contribution in [0.15, 0.2) is 12.1 Å². The summed E-state index contributed by atoms with van der Waals surface area (Å²) in [6.45, 7) is 1.42. The summed E-state index contributed by atoms with van der Waals surface area (Å²) in [6.07, 6.45) is 2.09. The number of hydrogen-bond acceptors (Lipinski definition) is 2. The Morgan fingerprint density at radius 1 is 1.42 bits per heavy atom. The van der Waals surface area contributed by atoms with Gasteiger partial charge in [0.1, 0.15) is 5.82 Å². The lowest BCUT2D eigenvalue weighted by molar-refractivity contribution is -0.116. The summed E-state index contributed by atoms with van der Waals surface area (Å²) < 4.78 is 19.5. The number of benzene rings is 1. The molecule has 3 rings (SSSR count). The SMILES string of the molecule is O=C1CCc2cc(C(Br)C3CCOC3)c(F)cc2N1. The average molecular weight is 328 g/mol. The summed E-state index contributed by atoms with van der Waals surface area (Å²) in [7, 11) is 0. The van der Waals surface area contributed by atoms with Crippen LogP contribution in [0.25, 0.3) is 0 Å². The van der Waals surface area contributed by atoms with Crippen molar-refractivity contribution in [3.8, 4) is 0 Å². The number of carbonyl (C=O) groups excluding carboxylic acids is 1. The van der Waals surface area contributed by atoms with Gasteiger partial charge >= 0.3 is 0 Å². The van der Waals surface area contributed by atoms with Crippen LogP contribution in [0.2, 0.25) is 0 Å². The van der Waals surface area contributed by atoms with E-state index in [0.29, 0.717) is 36.6 Å². The first-order valence-electron chi connectivity index (χ1n) is 6.49. The molecule has 3 nitrogen and oxygen atoms in total. The predicted molar refractivity (Wildman–Crippen MR) is 73.9 cm³/mol. The molecule has 2 heterocycles. The van der Waals surface area contributed by atoms with Crippen molar-refractivity contribution in [3.05, 3.63) is 29.1 Å². The van der Waals surface area contributed by atoms with Crippen molar-refractivity contribution in [1.82, 2.24) is 0 Å². The minimum Gasteiger partial charge on any atom is -0.381 e. The molecule has 1 saturated heterocycles. The van der Waals surface area contributed by atoms with Gasteiger partial charge in [0.15, 0.2) is 0 Å². The summed E-state index contributed by atoms with van der Waals surface area (Å²) in [6, 6.07) is 3.31. The second kappa shape index (κ2) is 5.21. The number of aryl methyl sites for hydroxylation is 1. The number of fused-ring (bicyclic) bond motifs is 1. The van der Waals surface area contributed by atoms with Crippen LogP contribution < -0.4 is 5.32 Å². The minimum absolute atomic E-state index is 0.0297. The van der Waals surface area contributed by atoms with Gasteiger partial charge in [0.2, 0.25) is 5.91 Å². The van der Waals surface area contributed by atoms with Gasteiger partial charge in [0, 0.05) is 35.0 Å². The van der Waals surface area contributed by atoms with Gasteiger partial charge in [-0.2, -0.15) is 0 Å². The fraction of sp³-hybridized carbons (Fsp3) is 0.500. The van der Waals surface area contributed by atoms with Crippen molar-refractivity contribution in [3.63, 3.8) is 0 Å². The van der Waals surface area contributed by atoms with Gasteiger partial charge in [-0.25, -0.2) is 4.39 Å². The Hall–Kier alpha value is -0.940. The van der Waals surface area contributed by atoms with Gasteiger partial charge in [-0.1, -0.05) is 15.9 Å². The quantitative estimate of drug-likeness (QED) is 0.847. The van der Waals surface area contributed by atoms with Crippen LogP contribution in [-0.2, 0) is 16.0 Å². The van der Waals surface area contributed by atoms with Gasteiger partial charge in [-0.15, -0.1) is 0 Å². The first-order valence-corrected chi connectivity index (χ1v) is 7.40. The number of nitrogens with one attached hydrogen (secondary N) is 1. The predicted octanol–water partition coefficient (Wildman–Crippen LogP) is 3.18. The highest BCUT2D eigenvalue weighted by molar-refractivity contribution is 9.09. The number of alkyl halides is 1. The molecule has 0 bridgehead atoms. The minimum atomic E-state index is -0.269. The maximum atomic E-state index is 14.2. The third-order valence-electron chi connectivity index (χ3n) is 3.79. The number of hydrogen-bond donors (Lipinski definition) is 1. The first kappa shape index (κ1) is 13.1. The largest absolute Gasteiger partial charge is 0.381 e. The Labute approximate surface area is 119 Å². The second-order valence-electron chi connectivity index (χ2n) is 5.10. The summed E-state index contributed by atoms with van der Waals surface area (Å²) in [5.74, 6) is -0.000285. The molecule has 5 heteroatoms. The van der Waals surface area contributed by atoms with Gasteiger partial charge in [-0.3, -0.25) is 4.79 Å². The van der Waals surface area contributed by atoms with Crippen LogP contribution >= 0.6 is 15.9 Å². The molecule has 1 aromatic rings. The topological polar surface area (TPSA) is 38.3 Å². The molecule has 1 N–H and O–H groups in total. The Kier molecular flexibility index (Phi) is 3.58. The van der Waals surface area contributed by atoms with E-state index in [-0.39, 0.29) is 16.6 Å². The van der Waals surface area contributed by atoms with E-state index in [0.717, 1.165) is 18.6 Å². The van der Waals surface area contributed by atoms with Crippen molar-refractivity contribution < 1.29 is 13.9 Å². The van der Waals surface area contributed by atoms with Crippen LogP contribution in [0.1, 0.15) is 28.8 Å². The Balaban J connectivity index is 1.91. The Bertz CT molecular complexity index is 514. The summed E-state index contributed by atoms with van der Waals surface area (Å²) in [5, 5.41) is 2.72. The molecule has 2 atom stereocenters. The highest BCUT2D eigenvalue weighted by atomic mass is 79.9. The number of ether oxygens (including phenoxy) is 1. The van der Waals surface area contributed by atoms with E-state index in [1.165, 1.54) is 6.07 Å². The zero-order valence-corrected chi connectivity index (χ0v) is 12.0. The third-order valence-corrected chi connectivity index (χ3v) is 5.03. The maximum absolute atomic E-state index is 14.2. The van der Waals surface area contributed by atoms with Gasteiger partial charge < -0.3 is 10.1 Å². The Morgan fingerprint density at radius 3 is 3.00 bits per heavy atom. The number of carbonyl (C=O) groups is 1. The molecular formula is C14H15BrFNO2. The molecule has 1 fully saturated rings. The average Bonchev–Trinajstić information content (AvgIpc) is 2.91. The fourth-order valence-electron chi connectivity index (χ4n) is 2.67. The van der Waals surface area contributed by atoms with Crippen LogP contribution in [0, 0.1) is 11.7 Å². The standard InChI is InChI=1S/C14H15BrFNO2/c15-14(9-3-4-19-7-9)10-5-8-1-2-13(18)17-12(8)6-11(10)16/h5-6,9,14H,1-4,7H2,(H,17,18). The monoisotopic (exact) mass is 327 g/mol. The highest BCUT2D eigenvalue weighted by Gasteiger charge is 2.28. The summed E-state index contributed by atoms with van der Waals surface area (Å²) in [4.78, 5) is 11.3. The zero-order chi connectivity index (χ0) is 13.4. The maximum Gasteiger partial charge on any atom is 0.224 e. The van der Waals surface area contributed by atoms with Crippen molar-refractivity contribution in [2.45, 2.75) is 24.1 Å². The van der Waals surface area contributed by atoms with Crippen LogP contribution in [0.4, 0.5) is 10.1 Å². The van der Waals surface area contributed by atoms with Crippen molar-refractivity contribution in [1.29, 1.82) is 0 Å². The normalized spacial score (nSPS) is 23.9. The van der Waals surface area contributed by atoms with Gasteiger partial charge in [0.25, 0.3) is 0 Å². The smallest absolute Gasteiger partial charge is 0.224 e. The lowest BCUT2D eigenvalue weighted by Gasteiger charge is -2.22. The number of halogens is 2. The molecule has 2 aliphatic heterocycles. The molecule has 0 aromatic heterocycles. The molecule has 1 amide bonds. The number of anilines is 1. The van der Waals surface area contributed by atoms with Gasteiger partial charge in [0.05, 0.1) is 6.61 Å². The summed E-state index contributed by atoms with van der Waals surface area (Å²) in [5.41, 5.74) is 2.30. The van der Waals surface area contributed by atoms with Crippen LogP contribution in [0.3, 0.4) is 0 Å². The number of amides is 1. The van der Waals surface area contributed by atoms with E-state index in [4.69, 9.17) is 4.74 Å². The van der Waals surface area contributed by atoms with E-state index in [9.17, 15) is 9.18 Å². The molecule has 102 valence electrons. The van der Waals surface area contributed by atoms with E-state index in [1.54, 1.807) is 0 Å². The zero-order valence-electron chi connectivity index (χ0n) is 10.4. The Morgan fingerprint density at radius 2 is 2.26 bits per heavy atom. The molecular weight excluding hydrogens is 313 g/mol. The van der Waals surface area contributed by atoms with E-state index < -0.39 is 0 Å².